The van der Waals surface area contributed by atoms with Gasteiger partial charge in [0.05, 0.1) is 21.3 Å². The molecule has 0 spiro atoms. The summed E-state index contributed by atoms with van der Waals surface area (Å²) in [5, 5.41) is -0.447. The van der Waals surface area contributed by atoms with Crippen LogP contribution in [0.5, 0.6) is 0 Å². The molecule has 1 aliphatic rings. The van der Waals surface area contributed by atoms with Crippen molar-refractivity contribution in [2.24, 2.45) is 0 Å². The molecule has 0 saturated carbocycles. The third-order valence-electron chi connectivity index (χ3n) is 5.39. The fraction of sp³-hybridized carbons (Fsp3) is 0.167. The third kappa shape index (κ3) is 5.42. The van der Waals surface area contributed by atoms with Gasteiger partial charge in [-0.3, -0.25) is 9.52 Å². The van der Waals surface area contributed by atoms with Crippen LogP contribution < -0.4 is 9.62 Å². The molecule has 3 aromatic carbocycles. The van der Waals surface area contributed by atoms with E-state index in [0.717, 1.165) is 42.3 Å². The number of esters is 1. The van der Waals surface area contributed by atoms with Gasteiger partial charge in [0, 0.05) is 12.2 Å². The maximum atomic E-state index is 13.9. The molecular weight excluding hydrogens is 518 g/mol. The van der Waals surface area contributed by atoms with Crippen LogP contribution in [0.15, 0.2) is 65.6 Å². The number of hydrogen-bond donors (Lipinski definition) is 1. The summed E-state index contributed by atoms with van der Waals surface area (Å²) in [5.41, 5.74) is 1.18. The number of aryl methyl sites for hydroxylation is 1. The zero-order chi connectivity index (χ0) is 25.2. The van der Waals surface area contributed by atoms with Crippen LogP contribution in [0.3, 0.4) is 0 Å². The van der Waals surface area contributed by atoms with E-state index in [9.17, 15) is 22.4 Å². The number of anilines is 2. The molecule has 1 N–H and O–H groups in total. The number of sulfonamides is 1. The first-order chi connectivity index (χ1) is 16.7. The summed E-state index contributed by atoms with van der Waals surface area (Å²) < 4.78 is 46.8. The lowest BCUT2D eigenvalue weighted by Gasteiger charge is -2.29. The Kier molecular flexibility index (Phi) is 7.30. The van der Waals surface area contributed by atoms with Gasteiger partial charge in [-0.15, -0.1) is 0 Å². The van der Waals surface area contributed by atoms with Crippen LogP contribution in [0.2, 0.25) is 10.0 Å². The molecular formula is C24H19Cl2FN2O5S. The van der Waals surface area contributed by atoms with Crippen LogP contribution in [0.25, 0.3) is 0 Å². The lowest BCUT2D eigenvalue weighted by atomic mass is 10.0. The van der Waals surface area contributed by atoms with E-state index in [4.69, 9.17) is 27.9 Å². The Morgan fingerprint density at radius 2 is 1.74 bits per heavy atom. The monoisotopic (exact) mass is 536 g/mol. The van der Waals surface area contributed by atoms with Gasteiger partial charge in [-0.25, -0.2) is 17.6 Å². The first-order valence-corrected chi connectivity index (χ1v) is 12.7. The van der Waals surface area contributed by atoms with Crippen LogP contribution in [0.1, 0.15) is 22.3 Å². The van der Waals surface area contributed by atoms with Crippen molar-refractivity contribution in [3.63, 3.8) is 0 Å². The van der Waals surface area contributed by atoms with E-state index in [1.807, 2.05) is 24.3 Å². The second kappa shape index (κ2) is 10.2. The molecule has 0 saturated heterocycles. The topological polar surface area (TPSA) is 92.8 Å². The fourth-order valence-corrected chi connectivity index (χ4v) is 5.63. The van der Waals surface area contributed by atoms with E-state index < -0.39 is 39.2 Å². The number of hydrogen-bond acceptors (Lipinski definition) is 5. The quantitative estimate of drug-likeness (QED) is 0.444. The van der Waals surface area contributed by atoms with E-state index in [1.165, 1.54) is 18.2 Å². The van der Waals surface area contributed by atoms with Crippen molar-refractivity contribution in [3.8, 4) is 0 Å². The highest BCUT2D eigenvalue weighted by atomic mass is 35.5. The smallest absolute Gasteiger partial charge is 0.340 e. The van der Waals surface area contributed by atoms with Gasteiger partial charge in [-0.1, -0.05) is 53.5 Å². The van der Waals surface area contributed by atoms with E-state index >= 15 is 0 Å². The lowest BCUT2D eigenvalue weighted by Crippen LogP contribution is -2.38. The highest BCUT2D eigenvalue weighted by molar-refractivity contribution is 7.92. The first kappa shape index (κ1) is 25.0. The minimum atomic E-state index is -4.38. The molecule has 3 aromatic rings. The molecule has 182 valence electrons. The average molecular weight is 537 g/mol. The second-order valence-electron chi connectivity index (χ2n) is 7.70. The number of nitrogens with zero attached hydrogens (tertiary/aromatic N) is 1. The van der Waals surface area contributed by atoms with Gasteiger partial charge in [-0.05, 0) is 48.7 Å². The molecule has 0 unspecified atom stereocenters. The number of halogens is 3. The average Bonchev–Trinajstić information content (AvgIpc) is 2.83. The van der Waals surface area contributed by atoms with Crippen LogP contribution in [-0.4, -0.2) is 33.4 Å². The van der Waals surface area contributed by atoms with Crippen LogP contribution in [0.4, 0.5) is 15.8 Å². The molecule has 0 radical (unpaired) electrons. The summed E-state index contributed by atoms with van der Waals surface area (Å²) in [5.74, 6) is -2.23. The predicted molar refractivity (Wildman–Crippen MR) is 131 cm³/mol. The molecule has 1 amide bonds. The summed E-state index contributed by atoms with van der Waals surface area (Å²) in [4.78, 5) is 26.5. The number of ether oxygens (including phenoxy) is 1. The number of carbonyl (C=O) groups excluding carboxylic acids is 2. The van der Waals surface area contributed by atoms with Crippen LogP contribution in [0, 0.1) is 5.82 Å². The minimum Gasteiger partial charge on any atom is -0.452 e. The standard InChI is InChI=1S/C24H19Cl2FN2O5S/c25-17-13-18(26)22(35(32,33)28-20-9-3-2-8-19(20)27)12-16(17)24(31)34-14-23(30)29-11-5-7-15-6-1-4-10-21(15)29/h1-4,6,8-10,12-13,28H,5,7,11,14H2. The first-order valence-electron chi connectivity index (χ1n) is 10.5. The highest BCUT2D eigenvalue weighted by Crippen LogP contribution is 2.31. The van der Waals surface area contributed by atoms with Gasteiger partial charge in [-0.2, -0.15) is 0 Å². The zero-order valence-corrected chi connectivity index (χ0v) is 20.5. The van der Waals surface area contributed by atoms with E-state index in [1.54, 1.807) is 4.90 Å². The number of nitrogens with one attached hydrogen (secondary N) is 1. The molecule has 35 heavy (non-hydrogen) atoms. The number of amides is 1. The molecule has 0 aliphatic carbocycles. The molecule has 0 fully saturated rings. The van der Waals surface area contributed by atoms with E-state index in [-0.39, 0.29) is 21.3 Å². The van der Waals surface area contributed by atoms with Crippen LogP contribution >= 0.6 is 23.2 Å². The van der Waals surface area contributed by atoms with Crippen molar-refractivity contribution < 1.29 is 27.1 Å². The summed E-state index contributed by atoms with van der Waals surface area (Å²) in [6.07, 6.45) is 1.62. The second-order valence-corrected chi connectivity index (χ2v) is 10.2. The Bertz CT molecular complexity index is 1410. The molecule has 1 aliphatic heterocycles. The maximum absolute atomic E-state index is 13.9. The number of carbonyl (C=O) groups is 2. The van der Waals surface area contributed by atoms with Crippen molar-refractivity contribution in [1.29, 1.82) is 0 Å². The van der Waals surface area contributed by atoms with Crippen molar-refractivity contribution >= 4 is 56.5 Å². The van der Waals surface area contributed by atoms with E-state index in [2.05, 4.69) is 4.72 Å². The Balaban J connectivity index is 1.52. The summed E-state index contributed by atoms with van der Waals surface area (Å²) in [7, 11) is -4.38. The number of benzene rings is 3. The Morgan fingerprint density at radius 1 is 1.03 bits per heavy atom. The van der Waals surface area contributed by atoms with Crippen molar-refractivity contribution in [2.45, 2.75) is 17.7 Å². The number of para-hydroxylation sites is 2. The van der Waals surface area contributed by atoms with Gasteiger partial charge < -0.3 is 9.64 Å². The molecule has 1 heterocycles. The normalized spacial score (nSPS) is 13.2. The molecule has 7 nitrogen and oxygen atoms in total. The molecule has 0 aromatic heterocycles. The highest BCUT2D eigenvalue weighted by Gasteiger charge is 2.26. The lowest BCUT2D eigenvalue weighted by molar-refractivity contribution is -0.121. The van der Waals surface area contributed by atoms with E-state index in [0.29, 0.717) is 6.54 Å². The molecule has 0 atom stereocenters. The molecule has 0 bridgehead atoms. The number of fused-ring (bicyclic) bond motifs is 1. The summed E-state index contributed by atoms with van der Waals surface area (Å²) in [6.45, 7) is -0.0825. The zero-order valence-electron chi connectivity index (χ0n) is 18.1. The molecule has 4 rings (SSSR count). The van der Waals surface area contributed by atoms with Gasteiger partial charge >= 0.3 is 5.97 Å². The summed E-state index contributed by atoms with van der Waals surface area (Å²) >= 11 is 12.2. The van der Waals surface area contributed by atoms with Crippen LogP contribution in [-0.2, 0) is 26.0 Å². The van der Waals surface area contributed by atoms with Crippen molar-refractivity contribution in [2.75, 3.05) is 22.8 Å². The molecule has 11 heteroatoms. The summed E-state index contributed by atoms with van der Waals surface area (Å²) in [6, 6.07) is 14.6. The van der Waals surface area contributed by atoms with Gasteiger partial charge in [0.15, 0.2) is 6.61 Å². The maximum Gasteiger partial charge on any atom is 0.340 e. The van der Waals surface area contributed by atoms with Crippen molar-refractivity contribution in [3.05, 3.63) is 87.7 Å². The van der Waals surface area contributed by atoms with Crippen molar-refractivity contribution in [1.82, 2.24) is 0 Å². The predicted octanol–water partition coefficient (Wildman–Crippen LogP) is 5.07. The van der Waals surface area contributed by atoms with Gasteiger partial charge in [0.2, 0.25) is 0 Å². The fourth-order valence-electron chi connectivity index (χ4n) is 3.71. The Labute approximate surface area is 211 Å². The number of rotatable bonds is 6. The Hall–Kier alpha value is -3.14. The van der Waals surface area contributed by atoms with Gasteiger partial charge in [0.1, 0.15) is 10.7 Å². The largest absolute Gasteiger partial charge is 0.452 e. The van der Waals surface area contributed by atoms with Gasteiger partial charge in [0.25, 0.3) is 15.9 Å². The third-order valence-corrected chi connectivity index (χ3v) is 7.53. The minimum absolute atomic E-state index is 0.166. The Morgan fingerprint density at radius 3 is 2.51 bits per heavy atom. The SMILES string of the molecule is O=C(OCC(=O)N1CCCc2ccccc21)c1cc(S(=O)(=O)Nc2ccccc2F)c(Cl)cc1Cl.